The number of halogens is 1. The molecule has 0 aliphatic carbocycles. The van der Waals surface area contributed by atoms with Gasteiger partial charge in [-0.15, -0.1) is 0 Å². The lowest BCUT2D eigenvalue weighted by atomic mass is 10.2. The van der Waals surface area contributed by atoms with E-state index in [1.54, 1.807) is 36.5 Å². The minimum absolute atomic E-state index is 0.0360. The van der Waals surface area contributed by atoms with Crippen LogP contribution in [0.15, 0.2) is 48.2 Å². The molecule has 0 saturated heterocycles. The summed E-state index contributed by atoms with van der Waals surface area (Å²) in [5.74, 6) is -0.386. The molecule has 0 saturated carbocycles. The third-order valence-electron chi connectivity index (χ3n) is 2.90. The molecule has 0 amide bonds. The van der Waals surface area contributed by atoms with Crippen LogP contribution in [0.25, 0.3) is 0 Å². The lowest BCUT2D eigenvalue weighted by molar-refractivity contribution is 0.632. The molecule has 0 radical (unpaired) electrons. The van der Waals surface area contributed by atoms with Gasteiger partial charge in [-0.05, 0) is 29.8 Å². The second kappa shape index (κ2) is 6.51. The molecule has 0 atom stereocenters. The number of nitrogens with two attached hydrogens (primary N) is 1. The predicted octanol–water partition coefficient (Wildman–Crippen LogP) is 2.63. The fourth-order valence-electron chi connectivity index (χ4n) is 1.81. The van der Waals surface area contributed by atoms with Crippen molar-refractivity contribution in [2.45, 2.75) is 6.42 Å². The zero-order valence-corrected chi connectivity index (χ0v) is 11.3. The molecule has 2 aromatic rings. The number of para-hydroxylation sites is 1. The van der Waals surface area contributed by atoms with Gasteiger partial charge in [0.1, 0.15) is 11.7 Å². The molecule has 108 valence electrons. The minimum atomic E-state index is -0.350. The van der Waals surface area contributed by atoms with E-state index in [4.69, 9.17) is 16.6 Å². The zero-order valence-electron chi connectivity index (χ0n) is 11.3. The van der Waals surface area contributed by atoms with Gasteiger partial charge in [0.25, 0.3) is 0 Å². The monoisotopic (exact) mass is 285 g/mol. The van der Waals surface area contributed by atoms with E-state index in [-0.39, 0.29) is 11.7 Å². The number of hydrogen-bond acceptors (Lipinski definition) is 3. The second-order valence-electron chi connectivity index (χ2n) is 4.48. The largest absolute Gasteiger partial charge is 0.382 e. The van der Waals surface area contributed by atoms with Crippen LogP contribution in [0.5, 0.6) is 0 Å². The Balaban J connectivity index is 2.08. The number of anilines is 1. The molecular weight excluding hydrogens is 269 g/mol. The number of aromatic nitrogens is 1. The first-order chi connectivity index (χ1) is 10.1. The van der Waals surface area contributed by atoms with Crippen molar-refractivity contribution in [3.05, 3.63) is 65.4 Å². The van der Waals surface area contributed by atoms with E-state index in [1.807, 2.05) is 0 Å². The van der Waals surface area contributed by atoms with E-state index in [2.05, 4.69) is 10.3 Å². The van der Waals surface area contributed by atoms with Crippen LogP contribution in [-0.2, 0) is 6.42 Å². The smallest absolute Gasteiger partial charge is 0.146 e. The highest BCUT2D eigenvalue weighted by atomic mass is 19.1. The van der Waals surface area contributed by atoms with Crippen LogP contribution in [0, 0.1) is 16.6 Å². The Hall–Kier alpha value is -2.89. The molecule has 21 heavy (non-hydrogen) atoms. The molecular formula is C15H16FN5. The molecule has 1 heterocycles. The van der Waals surface area contributed by atoms with Gasteiger partial charge in [0.05, 0.1) is 11.4 Å². The number of nitrogen functional groups attached to an aromatic ring is 1. The first kappa shape index (κ1) is 14.5. The number of rotatable bonds is 6. The summed E-state index contributed by atoms with van der Waals surface area (Å²) in [5.41, 5.74) is 7.76. The van der Waals surface area contributed by atoms with E-state index in [9.17, 15) is 4.39 Å². The second-order valence-corrected chi connectivity index (χ2v) is 4.48. The van der Waals surface area contributed by atoms with Crippen LogP contribution in [0.1, 0.15) is 11.4 Å². The fraction of sp³-hybridized carbons (Fsp3) is 0.0667. The van der Waals surface area contributed by atoms with Crippen molar-refractivity contribution in [3.63, 3.8) is 0 Å². The highest BCUT2D eigenvalue weighted by molar-refractivity contribution is 5.93. The van der Waals surface area contributed by atoms with Gasteiger partial charge in [-0.1, -0.05) is 12.1 Å². The van der Waals surface area contributed by atoms with Gasteiger partial charge < -0.3 is 21.4 Å². The summed E-state index contributed by atoms with van der Waals surface area (Å²) >= 11 is 0. The molecule has 2 rings (SSSR count). The molecule has 6 N–H and O–H groups in total. The van der Waals surface area contributed by atoms with Crippen molar-refractivity contribution in [2.24, 2.45) is 5.73 Å². The normalized spacial score (nSPS) is 11.2. The highest BCUT2D eigenvalue weighted by Crippen LogP contribution is 2.13. The summed E-state index contributed by atoms with van der Waals surface area (Å²) in [6.07, 6.45) is 3.24. The predicted molar refractivity (Wildman–Crippen MR) is 82.4 cm³/mol. The highest BCUT2D eigenvalue weighted by Gasteiger charge is 2.04. The van der Waals surface area contributed by atoms with Crippen LogP contribution in [-0.4, -0.2) is 17.0 Å². The van der Waals surface area contributed by atoms with Crippen LogP contribution < -0.4 is 11.1 Å². The van der Waals surface area contributed by atoms with E-state index >= 15 is 0 Å². The Kier molecular flexibility index (Phi) is 4.50. The maximum absolute atomic E-state index is 13.5. The maximum atomic E-state index is 13.5. The summed E-state index contributed by atoms with van der Waals surface area (Å²) in [5, 5.41) is 17.6. The summed E-state index contributed by atoms with van der Waals surface area (Å²) in [4.78, 5) is 2.99. The molecule has 1 aromatic heterocycles. The van der Waals surface area contributed by atoms with Crippen LogP contribution in [0.3, 0.4) is 0 Å². The van der Waals surface area contributed by atoms with Gasteiger partial charge in [0.15, 0.2) is 0 Å². The number of amidine groups is 1. The lowest BCUT2D eigenvalue weighted by Crippen LogP contribution is -2.11. The van der Waals surface area contributed by atoms with Crippen molar-refractivity contribution in [3.8, 4) is 0 Å². The van der Waals surface area contributed by atoms with Gasteiger partial charge in [-0.25, -0.2) is 4.39 Å². The number of benzene rings is 1. The molecule has 0 fully saturated rings. The van der Waals surface area contributed by atoms with Crippen molar-refractivity contribution < 1.29 is 4.39 Å². The van der Waals surface area contributed by atoms with E-state index in [0.29, 0.717) is 23.4 Å². The van der Waals surface area contributed by atoms with E-state index in [1.165, 1.54) is 12.3 Å². The molecule has 0 unspecified atom stereocenters. The number of H-pyrrole nitrogens is 1. The van der Waals surface area contributed by atoms with Gasteiger partial charge in [-0.3, -0.25) is 5.41 Å². The van der Waals surface area contributed by atoms with Crippen LogP contribution in [0.4, 0.5) is 10.1 Å². The molecule has 0 spiro atoms. The van der Waals surface area contributed by atoms with Crippen molar-refractivity contribution in [1.82, 2.24) is 4.98 Å². The Morgan fingerprint density at radius 3 is 2.67 bits per heavy atom. The Labute approximate surface area is 121 Å². The quantitative estimate of drug-likeness (QED) is 0.416. The molecule has 0 aliphatic rings. The summed E-state index contributed by atoms with van der Waals surface area (Å²) in [7, 11) is 0. The first-order valence-electron chi connectivity index (χ1n) is 6.33. The average Bonchev–Trinajstić information content (AvgIpc) is 2.93. The standard InChI is InChI=1S/C15H16FN5/c16-12-3-1-2-4-13(12)20-9-10(8-17)7-11-5-6-14(21-11)15(18)19/h1-6,8-9,17,20-21H,7H2,(H3,18,19)/b10-9-,17-8?. The van der Waals surface area contributed by atoms with Crippen molar-refractivity contribution in [1.29, 1.82) is 10.8 Å². The maximum Gasteiger partial charge on any atom is 0.146 e. The average molecular weight is 285 g/mol. The molecule has 0 aliphatic heterocycles. The fourth-order valence-corrected chi connectivity index (χ4v) is 1.81. The topological polar surface area (TPSA) is 102 Å². The van der Waals surface area contributed by atoms with Crippen LogP contribution >= 0.6 is 0 Å². The number of nitrogens with one attached hydrogen (secondary N) is 4. The number of aromatic amines is 1. The van der Waals surface area contributed by atoms with E-state index < -0.39 is 0 Å². The molecule has 6 heteroatoms. The first-order valence-corrected chi connectivity index (χ1v) is 6.33. The van der Waals surface area contributed by atoms with Crippen molar-refractivity contribution >= 4 is 17.7 Å². The SMILES string of the molecule is N=C/C(=C\Nc1ccccc1F)Cc1ccc(C(=N)N)[nH]1. The minimum Gasteiger partial charge on any atom is -0.382 e. The molecule has 0 bridgehead atoms. The molecule has 5 nitrogen and oxygen atoms in total. The zero-order chi connectivity index (χ0) is 15.2. The van der Waals surface area contributed by atoms with Gasteiger partial charge >= 0.3 is 0 Å². The Morgan fingerprint density at radius 1 is 1.29 bits per heavy atom. The van der Waals surface area contributed by atoms with E-state index in [0.717, 1.165) is 5.69 Å². The summed E-state index contributed by atoms with van der Waals surface area (Å²) in [6, 6.07) is 9.85. The Bertz CT molecular complexity index is 687. The third-order valence-corrected chi connectivity index (χ3v) is 2.90. The van der Waals surface area contributed by atoms with Crippen molar-refractivity contribution in [2.75, 3.05) is 5.32 Å². The Morgan fingerprint density at radius 2 is 2.05 bits per heavy atom. The number of hydrogen-bond donors (Lipinski definition) is 5. The summed E-state index contributed by atoms with van der Waals surface area (Å²) in [6.45, 7) is 0. The van der Waals surface area contributed by atoms with Gasteiger partial charge in [0, 0.05) is 24.5 Å². The third kappa shape index (κ3) is 3.79. The lowest BCUT2D eigenvalue weighted by Gasteiger charge is -2.04. The number of allylic oxidation sites excluding steroid dienone is 1. The summed E-state index contributed by atoms with van der Waals surface area (Å²) < 4.78 is 13.5. The molecule has 1 aromatic carbocycles. The van der Waals surface area contributed by atoms with Gasteiger partial charge in [0.2, 0.25) is 0 Å². The van der Waals surface area contributed by atoms with Gasteiger partial charge in [-0.2, -0.15) is 0 Å². The van der Waals surface area contributed by atoms with Crippen LogP contribution in [0.2, 0.25) is 0 Å².